The number of amides is 1. The lowest BCUT2D eigenvalue weighted by molar-refractivity contribution is 0.180. The predicted molar refractivity (Wildman–Crippen MR) is 36.6 cm³/mol. The van der Waals surface area contributed by atoms with Crippen molar-refractivity contribution >= 4 is 17.9 Å². The van der Waals surface area contributed by atoms with Gasteiger partial charge >= 0.3 is 0 Å². The smallest absolute Gasteiger partial charge is 0.278 e. The zero-order valence-corrected chi connectivity index (χ0v) is 5.84. The Morgan fingerprint density at radius 1 is 1.78 bits per heavy atom. The molecular formula is C5H9NO2S. The molecule has 1 fully saturated rings. The van der Waals surface area contributed by atoms with Crippen LogP contribution in [0.2, 0.25) is 0 Å². The average molecular weight is 147 g/mol. The van der Waals surface area contributed by atoms with Gasteiger partial charge in [-0.1, -0.05) is 12.6 Å². The minimum Gasteiger partial charge on any atom is -0.391 e. The summed E-state index contributed by atoms with van der Waals surface area (Å²) < 4.78 is 0. The van der Waals surface area contributed by atoms with Crippen LogP contribution in [0, 0.1) is 0 Å². The molecule has 0 aromatic rings. The summed E-state index contributed by atoms with van der Waals surface area (Å²) in [7, 11) is 0. The minimum absolute atomic E-state index is 0.244. The van der Waals surface area contributed by atoms with Gasteiger partial charge in [-0.2, -0.15) is 0 Å². The number of carbonyl (C=O) groups excluding carboxylic acids is 1. The third-order valence-corrected chi connectivity index (χ3v) is 1.72. The minimum atomic E-state index is -0.332. The highest BCUT2D eigenvalue weighted by molar-refractivity contribution is 7.96. The molecule has 0 saturated carbocycles. The van der Waals surface area contributed by atoms with Gasteiger partial charge in [0.1, 0.15) is 0 Å². The number of hydrogen-bond acceptors (Lipinski definition) is 2. The van der Waals surface area contributed by atoms with Crippen molar-refractivity contribution in [3.63, 3.8) is 0 Å². The summed E-state index contributed by atoms with van der Waals surface area (Å²) in [5, 5.41) is 8.68. The largest absolute Gasteiger partial charge is 0.391 e. The molecule has 1 N–H and O–H groups in total. The van der Waals surface area contributed by atoms with Crippen LogP contribution in [0.25, 0.3) is 0 Å². The van der Waals surface area contributed by atoms with Crippen LogP contribution in [-0.4, -0.2) is 34.4 Å². The van der Waals surface area contributed by atoms with Crippen molar-refractivity contribution in [2.24, 2.45) is 0 Å². The Balaban J connectivity index is 2.39. The van der Waals surface area contributed by atoms with Gasteiger partial charge in [0.25, 0.3) is 5.24 Å². The first-order valence-electron chi connectivity index (χ1n) is 2.86. The fraction of sp³-hybridized carbons (Fsp3) is 0.800. The molecule has 0 spiro atoms. The second kappa shape index (κ2) is 2.58. The number of likely N-dealkylation sites (tertiary alicyclic amines) is 1. The van der Waals surface area contributed by atoms with Crippen LogP contribution in [-0.2, 0) is 0 Å². The molecule has 1 saturated heterocycles. The zero-order chi connectivity index (χ0) is 6.85. The molecule has 52 valence electrons. The van der Waals surface area contributed by atoms with E-state index in [9.17, 15) is 4.79 Å². The average Bonchev–Trinajstić information content (AvgIpc) is 2.14. The lowest BCUT2D eigenvalue weighted by Gasteiger charge is -2.09. The van der Waals surface area contributed by atoms with E-state index in [4.69, 9.17) is 5.11 Å². The van der Waals surface area contributed by atoms with Crippen LogP contribution in [0.1, 0.15) is 6.42 Å². The van der Waals surface area contributed by atoms with Crippen LogP contribution >= 0.6 is 12.6 Å². The summed E-state index contributed by atoms with van der Waals surface area (Å²) in [6.45, 7) is 1.09. The molecule has 1 atom stereocenters. The second-order valence-corrected chi connectivity index (χ2v) is 2.55. The maximum absolute atomic E-state index is 10.5. The fourth-order valence-corrected chi connectivity index (χ4v) is 1.10. The van der Waals surface area contributed by atoms with E-state index in [2.05, 4.69) is 12.6 Å². The van der Waals surface area contributed by atoms with Gasteiger partial charge in [-0.05, 0) is 6.42 Å². The number of rotatable bonds is 0. The molecule has 1 heterocycles. The molecule has 0 bridgehead atoms. The summed E-state index contributed by atoms with van der Waals surface area (Å²) in [4.78, 5) is 12.0. The Hall–Kier alpha value is -0.220. The zero-order valence-electron chi connectivity index (χ0n) is 4.95. The van der Waals surface area contributed by atoms with Crippen LogP contribution < -0.4 is 0 Å². The van der Waals surface area contributed by atoms with Crippen molar-refractivity contribution < 1.29 is 9.90 Å². The van der Waals surface area contributed by atoms with Gasteiger partial charge in [-0.15, -0.1) is 0 Å². The Morgan fingerprint density at radius 2 is 2.44 bits per heavy atom. The normalized spacial score (nSPS) is 26.9. The molecule has 1 amide bonds. The monoisotopic (exact) mass is 147 g/mol. The first-order chi connectivity index (χ1) is 4.20. The highest BCUT2D eigenvalue weighted by Crippen LogP contribution is 2.09. The first kappa shape index (κ1) is 6.89. The summed E-state index contributed by atoms with van der Waals surface area (Å²) >= 11 is 3.61. The summed E-state index contributed by atoms with van der Waals surface area (Å²) in [5.74, 6) is 0. The molecule has 1 aliphatic rings. The maximum Gasteiger partial charge on any atom is 0.278 e. The van der Waals surface area contributed by atoms with Crippen molar-refractivity contribution in [1.82, 2.24) is 4.90 Å². The topological polar surface area (TPSA) is 40.5 Å². The van der Waals surface area contributed by atoms with Gasteiger partial charge in [0.2, 0.25) is 0 Å². The summed E-state index contributed by atoms with van der Waals surface area (Å²) in [6.07, 6.45) is 0.354. The maximum atomic E-state index is 10.5. The van der Waals surface area contributed by atoms with Gasteiger partial charge in [-0.25, -0.2) is 0 Å². The van der Waals surface area contributed by atoms with Crippen molar-refractivity contribution in [1.29, 1.82) is 0 Å². The number of aliphatic hydroxyl groups excluding tert-OH is 1. The van der Waals surface area contributed by atoms with E-state index < -0.39 is 0 Å². The molecule has 0 aliphatic carbocycles. The molecule has 1 unspecified atom stereocenters. The third-order valence-electron chi connectivity index (χ3n) is 1.43. The Labute approximate surface area is 59.1 Å². The number of aliphatic hydroxyl groups is 1. The van der Waals surface area contributed by atoms with Crippen LogP contribution in [0.5, 0.6) is 0 Å². The lowest BCUT2D eigenvalue weighted by Crippen LogP contribution is -2.24. The highest BCUT2D eigenvalue weighted by atomic mass is 32.1. The first-order valence-corrected chi connectivity index (χ1v) is 3.31. The molecule has 3 nitrogen and oxygen atoms in total. The molecule has 1 aliphatic heterocycles. The Morgan fingerprint density at radius 3 is 2.67 bits per heavy atom. The number of nitrogens with zero attached hydrogens (tertiary/aromatic N) is 1. The van der Waals surface area contributed by atoms with Crippen LogP contribution in [0.3, 0.4) is 0 Å². The van der Waals surface area contributed by atoms with E-state index >= 15 is 0 Å². The number of β-amino-alcohol motifs (C(OH)–C–C–N with tert-alkyl or cyclic N) is 1. The molecular weight excluding hydrogens is 138 g/mol. The highest BCUT2D eigenvalue weighted by Gasteiger charge is 2.21. The number of hydrogen-bond donors (Lipinski definition) is 2. The summed E-state index contributed by atoms with van der Waals surface area (Å²) in [6, 6.07) is 0. The number of thiol groups is 1. The van der Waals surface area contributed by atoms with E-state index in [-0.39, 0.29) is 11.3 Å². The molecule has 0 radical (unpaired) electrons. The van der Waals surface area contributed by atoms with Gasteiger partial charge < -0.3 is 10.0 Å². The van der Waals surface area contributed by atoms with E-state index in [0.29, 0.717) is 19.5 Å². The van der Waals surface area contributed by atoms with Gasteiger partial charge in [0.15, 0.2) is 0 Å². The standard InChI is InChI=1S/C5H9NO2S/c7-4-1-2-6(3-4)5(8)9/h4,7H,1-3H2,(H,8,9). The van der Waals surface area contributed by atoms with E-state index in [1.54, 1.807) is 0 Å². The SMILES string of the molecule is O=C(S)N1CCC(O)C1. The fourth-order valence-electron chi connectivity index (χ4n) is 0.916. The van der Waals surface area contributed by atoms with Gasteiger partial charge in [-0.3, -0.25) is 4.79 Å². The van der Waals surface area contributed by atoms with Crippen LogP contribution in [0.4, 0.5) is 4.79 Å². The van der Waals surface area contributed by atoms with E-state index in [1.165, 1.54) is 4.90 Å². The quantitative estimate of drug-likeness (QED) is 0.477. The van der Waals surface area contributed by atoms with Crippen molar-refractivity contribution in [2.75, 3.05) is 13.1 Å². The van der Waals surface area contributed by atoms with Gasteiger partial charge in [0.05, 0.1) is 6.10 Å². The van der Waals surface area contributed by atoms with Crippen LogP contribution in [0.15, 0.2) is 0 Å². The van der Waals surface area contributed by atoms with Crippen molar-refractivity contribution in [3.05, 3.63) is 0 Å². The van der Waals surface area contributed by atoms with Gasteiger partial charge in [0, 0.05) is 13.1 Å². The third kappa shape index (κ3) is 1.59. The van der Waals surface area contributed by atoms with Crippen molar-refractivity contribution in [3.8, 4) is 0 Å². The summed E-state index contributed by atoms with van der Waals surface area (Å²) in [5.41, 5.74) is 0. The van der Waals surface area contributed by atoms with E-state index in [0.717, 1.165) is 0 Å². The molecule has 9 heavy (non-hydrogen) atoms. The second-order valence-electron chi connectivity index (χ2n) is 2.17. The Kier molecular flexibility index (Phi) is 1.97. The molecule has 0 aromatic heterocycles. The van der Waals surface area contributed by atoms with Crippen molar-refractivity contribution in [2.45, 2.75) is 12.5 Å². The van der Waals surface area contributed by atoms with E-state index in [1.807, 2.05) is 0 Å². The number of carbonyl (C=O) groups is 1. The molecule has 4 heteroatoms. The Bertz CT molecular complexity index is 128. The predicted octanol–water partition coefficient (Wildman–Crippen LogP) is 0.103. The lowest BCUT2D eigenvalue weighted by atomic mass is 10.3. The molecule has 1 rings (SSSR count). The molecule has 0 aromatic carbocycles.